The van der Waals surface area contributed by atoms with Crippen LogP contribution in [0, 0.1) is 11.7 Å². The normalized spacial score (nSPS) is 14.3. The van der Waals surface area contributed by atoms with Crippen molar-refractivity contribution in [2.24, 2.45) is 5.92 Å². The summed E-state index contributed by atoms with van der Waals surface area (Å²) >= 11 is 0. The molecular weight excluding hydrogens is 239 g/mol. The van der Waals surface area contributed by atoms with Crippen molar-refractivity contribution < 1.29 is 24.1 Å². The number of aliphatic carboxylic acids is 1. The minimum absolute atomic E-state index is 0.0557. The predicted molar refractivity (Wildman–Crippen MR) is 63.9 cm³/mol. The molecule has 18 heavy (non-hydrogen) atoms. The summed E-state index contributed by atoms with van der Waals surface area (Å²) in [5.74, 6) is -2.07. The molecule has 0 aliphatic heterocycles. The third-order valence-electron chi connectivity index (χ3n) is 3.03. The molecule has 2 N–H and O–H groups in total. The second-order valence-corrected chi connectivity index (χ2v) is 4.50. The van der Waals surface area contributed by atoms with Crippen LogP contribution < -0.4 is 4.74 Å². The number of aliphatic hydroxyl groups is 1. The predicted octanol–water partition coefficient (Wildman–Crippen LogP) is 2.15. The first-order valence-electron chi connectivity index (χ1n) is 5.59. The van der Waals surface area contributed by atoms with Crippen molar-refractivity contribution in [1.29, 1.82) is 0 Å². The second-order valence-electron chi connectivity index (χ2n) is 4.50. The molecule has 0 fully saturated rings. The Morgan fingerprint density at radius 3 is 2.50 bits per heavy atom. The maximum atomic E-state index is 13.6. The Kier molecular flexibility index (Phi) is 4.29. The summed E-state index contributed by atoms with van der Waals surface area (Å²) in [7, 11) is 1.34. The highest BCUT2D eigenvalue weighted by molar-refractivity contribution is 5.68. The molecule has 0 aliphatic rings. The average Bonchev–Trinajstić information content (AvgIpc) is 2.27. The van der Waals surface area contributed by atoms with Gasteiger partial charge in [-0.3, -0.25) is 4.79 Å². The van der Waals surface area contributed by atoms with Crippen LogP contribution in [-0.4, -0.2) is 23.3 Å². The van der Waals surface area contributed by atoms with E-state index in [1.54, 1.807) is 13.8 Å². The smallest absolute Gasteiger partial charge is 0.306 e. The molecule has 5 heteroatoms. The van der Waals surface area contributed by atoms with Crippen molar-refractivity contribution in [3.8, 4) is 5.75 Å². The van der Waals surface area contributed by atoms with E-state index in [1.807, 2.05) is 0 Å². The van der Waals surface area contributed by atoms with Gasteiger partial charge in [-0.05, 0) is 23.6 Å². The van der Waals surface area contributed by atoms with E-state index in [2.05, 4.69) is 0 Å². The van der Waals surface area contributed by atoms with Crippen molar-refractivity contribution in [3.05, 3.63) is 29.6 Å². The van der Waals surface area contributed by atoms with E-state index in [-0.39, 0.29) is 17.2 Å². The van der Waals surface area contributed by atoms with Crippen molar-refractivity contribution in [1.82, 2.24) is 0 Å². The molecule has 0 saturated carbocycles. The Labute approximate surface area is 105 Å². The Morgan fingerprint density at radius 2 is 2.11 bits per heavy atom. The van der Waals surface area contributed by atoms with Crippen LogP contribution in [0.3, 0.4) is 0 Å². The van der Waals surface area contributed by atoms with Gasteiger partial charge in [0.25, 0.3) is 0 Å². The average molecular weight is 256 g/mol. The lowest BCUT2D eigenvalue weighted by Gasteiger charge is -2.31. The van der Waals surface area contributed by atoms with E-state index < -0.39 is 23.8 Å². The van der Waals surface area contributed by atoms with Crippen LogP contribution in [0.5, 0.6) is 5.75 Å². The summed E-state index contributed by atoms with van der Waals surface area (Å²) in [4.78, 5) is 10.8. The minimum atomic E-state index is -1.60. The molecule has 1 atom stereocenters. The molecule has 0 radical (unpaired) electrons. The molecule has 0 spiro atoms. The number of carbonyl (C=O) groups is 1. The Morgan fingerprint density at radius 1 is 1.50 bits per heavy atom. The summed E-state index contributed by atoms with van der Waals surface area (Å²) in [5, 5.41) is 19.3. The van der Waals surface area contributed by atoms with Gasteiger partial charge in [-0.2, -0.15) is 0 Å². The van der Waals surface area contributed by atoms with Crippen LogP contribution >= 0.6 is 0 Å². The number of halogens is 1. The standard InChI is InChI=1S/C13H17FO4/c1-8(2)13(17,7-12(15)16)9-4-5-11(18-3)10(14)6-9/h4-6,8,17H,7H2,1-3H3,(H,15,16). The largest absolute Gasteiger partial charge is 0.494 e. The lowest BCUT2D eigenvalue weighted by molar-refractivity contribution is -0.145. The van der Waals surface area contributed by atoms with Crippen molar-refractivity contribution in [2.75, 3.05) is 7.11 Å². The second kappa shape index (κ2) is 5.35. The molecule has 1 rings (SSSR count). The Hall–Kier alpha value is -1.62. The van der Waals surface area contributed by atoms with E-state index in [0.717, 1.165) is 6.07 Å². The maximum absolute atomic E-state index is 13.6. The van der Waals surface area contributed by atoms with Gasteiger partial charge in [0.1, 0.15) is 5.60 Å². The third kappa shape index (κ3) is 2.79. The number of benzene rings is 1. The highest BCUT2D eigenvalue weighted by Crippen LogP contribution is 2.34. The summed E-state index contributed by atoms with van der Waals surface area (Å²) in [6, 6.07) is 3.96. The number of carboxylic acids is 1. The van der Waals surface area contributed by atoms with Crippen LogP contribution in [0.4, 0.5) is 4.39 Å². The summed E-state index contributed by atoms with van der Waals surface area (Å²) in [6.45, 7) is 3.37. The number of carboxylic acid groups (broad SMARTS) is 1. The van der Waals surface area contributed by atoms with Gasteiger partial charge >= 0.3 is 5.97 Å². The van der Waals surface area contributed by atoms with Gasteiger partial charge in [0.15, 0.2) is 11.6 Å². The molecule has 1 aromatic rings. The van der Waals surface area contributed by atoms with Crippen molar-refractivity contribution >= 4 is 5.97 Å². The fourth-order valence-corrected chi connectivity index (χ4v) is 1.81. The van der Waals surface area contributed by atoms with Gasteiger partial charge in [-0.25, -0.2) is 4.39 Å². The summed E-state index contributed by atoms with van der Waals surface area (Å²) in [6.07, 6.45) is -0.476. The molecule has 0 saturated heterocycles. The quantitative estimate of drug-likeness (QED) is 0.847. The first-order chi connectivity index (χ1) is 8.31. The molecule has 1 aromatic carbocycles. The zero-order valence-corrected chi connectivity index (χ0v) is 10.6. The number of ether oxygens (including phenoxy) is 1. The van der Waals surface area contributed by atoms with E-state index >= 15 is 0 Å². The van der Waals surface area contributed by atoms with Gasteiger partial charge in [-0.1, -0.05) is 19.9 Å². The van der Waals surface area contributed by atoms with Crippen LogP contribution in [0.1, 0.15) is 25.8 Å². The first-order valence-corrected chi connectivity index (χ1v) is 5.59. The fraction of sp³-hybridized carbons (Fsp3) is 0.462. The molecule has 0 amide bonds. The van der Waals surface area contributed by atoms with Gasteiger partial charge in [0, 0.05) is 0 Å². The van der Waals surface area contributed by atoms with E-state index in [9.17, 15) is 14.3 Å². The SMILES string of the molecule is COc1ccc(C(O)(CC(=O)O)C(C)C)cc1F. The van der Waals surface area contributed by atoms with Crippen LogP contribution in [0.25, 0.3) is 0 Å². The van der Waals surface area contributed by atoms with Crippen LogP contribution in [0.15, 0.2) is 18.2 Å². The highest BCUT2D eigenvalue weighted by Gasteiger charge is 2.36. The lowest BCUT2D eigenvalue weighted by Crippen LogP contribution is -2.34. The maximum Gasteiger partial charge on any atom is 0.306 e. The molecule has 0 aliphatic carbocycles. The first kappa shape index (κ1) is 14.4. The van der Waals surface area contributed by atoms with Gasteiger partial charge in [0.05, 0.1) is 13.5 Å². The number of hydrogen-bond acceptors (Lipinski definition) is 3. The molecule has 0 aromatic heterocycles. The number of rotatable bonds is 5. The van der Waals surface area contributed by atoms with Crippen molar-refractivity contribution in [3.63, 3.8) is 0 Å². The molecule has 0 bridgehead atoms. The monoisotopic (exact) mass is 256 g/mol. The van der Waals surface area contributed by atoms with Crippen LogP contribution in [0.2, 0.25) is 0 Å². The molecule has 100 valence electrons. The summed E-state index contributed by atoms with van der Waals surface area (Å²) < 4.78 is 18.4. The van der Waals surface area contributed by atoms with Crippen molar-refractivity contribution in [2.45, 2.75) is 25.9 Å². The van der Waals surface area contributed by atoms with Gasteiger partial charge in [-0.15, -0.1) is 0 Å². The van der Waals surface area contributed by atoms with E-state index in [0.29, 0.717) is 0 Å². The molecule has 1 unspecified atom stereocenters. The Bertz CT molecular complexity index is 445. The minimum Gasteiger partial charge on any atom is -0.494 e. The number of methoxy groups -OCH3 is 1. The number of hydrogen-bond donors (Lipinski definition) is 2. The molecular formula is C13H17FO4. The highest BCUT2D eigenvalue weighted by atomic mass is 19.1. The molecule has 0 heterocycles. The zero-order valence-electron chi connectivity index (χ0n) is 10.6. The summed E-state index contributed by atoms with van der Waals surface area (Å²) in [5.41, 5.74) is -1.36. The zero-order chi connectivity index (χ0) is 13.9. The fourth-order valence-electron chi connectivity index (χ4n) is 1.81. The van der Waals surface area contributed by atoms with E-state index in [1.165, 1.54) is 19.2 Å². The van der Waals surface area contributed by atoms with Gasteiger partial charge < -0.3 is 14.9 Å². The topological polar surface area (TPSA) is 66.8 Å². The lowest BCUT2D eigenvalue weighted by atomic mass is 9.80. The molecule has 4 nitrogen and oxygen atoms in total. The van der Waals surface area contributed by atoms with Gasteiger partial charge in [0.2, 0.25) is 0 Å². The van der Waals surface area contributed by atoms with Crippen LogP contribution in [-0.2, 0) is 10.4 Å². The third-order valence-corrected chi connectivity index (χ3v) is 3.03. The van der Waals surface area contributed by atoms with E-state index in [4.69, 9.17) is 9.84 Å². The Balaban J connectivity index is 3.22.